The van der Waals surface area contributed by atoms with Crippen LogP contribution >= 0.6 is 11.6 Å². The molecule has 0 aliphatic carbocycles. The van der Waals surface area contributed by atoms with Crippen molar-refractivity contribution in [1.82, 2.24) is 4.90 Å². The lowest BCUT2D eigenvalue weighted by molar-refractivity contribution is 0.0224. The van der Waals surface area contributed by atoms with E-state index >= 15 is 0 Å². The highest BCUT2D eigenvalue weighted by molar-refractivity contribution is 6.30. The highest BCUT2D eigenvalue weighted by Gasteiger charge is 2.25. The first-order chi connectivity index (χ1) is 12.2. The molecule has 1 heterocycles. The Morgan fingerprint density at radius 3 is 2.65 bits per heavy atom. The first-order valence-corrected chi connectivity index (χ1v) is 9.11. The predicted octanol–water partition coefficient (Wildman–Crippen LogP) is 5.36. The summed E-state index contributed by atoms with van der Waals surface area (Å²) in [7, 11) is 0. The molecule has 0 unspecified atom stereocenters. The number of fused-ring (bicyclic) bond motifs is 1. The van der Waals surface area contributed by atoms with Crippen LogP contribution in [0.2, 0.25) is 5.02 Å². The van der Waals surface area contributed by atoms with Crippen LogP contribution < -0.4 is 0 Å². The Hall–Kier alpha value is -2.07. The number of carbonyl (C=O) groups excluding carboxylic acids is 1. The number of amides is 1. The molecule has 0 atom stereocenters. The largest absolute Gasteiger partial charge is 0.444 e. The molecule has 0 saturated carbocycles. The van der Waals surface area contributed by atoms with Gasteiger partial charge in [0.25, 0.3) is 0 Å². The summed E-state index contributed by atoms with van der Waals surface area (Å²) in [4.78, 5) is 14.0. The zero-order valence-corrected chi connectivity index (χ0v) is 16.1. The van der Waals surface area contributed by atoms with E-state index in [4.69, 9.17) is 16.3 Å². The fourth-order valence-electron chi connectivity index (χ4n) is 3.09. The van der Waals surface area contributed by atoms with E-state index in [0.29, 0.717) is 30.1 Å². The van der Waals surface area contributed by atoms with Gasteiger partial charge in [-0.3, -0.25) is 0 Å². The molecule has 2 aromatic rings. The van der Waals surface area contributed by atoms with Crippen molar-refractivity contribution in [1.29, 1.82) is 0 Å². The molecule has 1 aliphatic rings. The van der Waals surface area contributed by atoms with Gasteiger partial charge < -0.3 is 9.64 Å². The lowest BCUT2D eigenvalue weighted by Crippen LogP contribution is -2.39. The van der Waals surface area contributed by atoms with E-state index in [2.05, 4.69) is 12.1 Å². The normalized spacial score (nSPS) is 14.1. The molecule has 0 saturated heterocycles. The number of hydrogen-bond donors (Lipinski definition) is 0. The van der Waals surface area contributed by atoms with E-state index < -0.39 is 5.60 Å². The second-order valence-corrected chi connectivity index (χ2v) is 8.10. The quantitative estimate of drug-likeness (QED) is 0.706. The van der Waals surface area contributed by atoms with Gasteiger partial charge in [0.05, 0.1) is 0 Å². The molecule has 0 bridgehead atoms. The van der Waals surface area contributed by atoms with Crippen molar-refractivity contribution in [3.05, 3.63) is 69.5 Å². The molecule has 26 heavy (non-hydrogen) atoms. The van der Waals surface area contributed by atoms with Crippen LogP contribution in [0.5, 0.6) is 0 Å². The third-order valence-corrected chi connectivity index (χ3v) is 4.58. The number of rotatable bonds is 2. The van der Waals surface area contributed by atoms with E-state index in [0.717, 1.165) is 17.5 Å². The summed E-state index contributed by atoms with van der Waals surface area (Å²) in [5.74, 6) is -0.300. The monoisotopic (exact) mass is 375 g/mol. The second-order valence-electron chi connectivity index (χ2n) is 7.67. The molecule has 1 aliphatic heterocycles. The topological polar surface area (TPSA) is 29.5 Å². The van der Waals surface area contributed by atoms with Crippen molar-refractivity contribution in [3.63, 3.8) is 0 Å². The SMILES string of the molecule is CC(C)(C)OC(=O)N1CCc2ccc(Cc3ccc(Cl)cc3F)cc2C1. The van der Waals surface area contributed by atoms with Gasteiger partial charge in [0.1, 0.15) is 11.4 Å². The number of hydrogen-bond acceptors (Lipinski definition) is 2. The Bertz CT molecular complexity index is 829. The summed E-state index contributed by atoms with van der Waals surface area (Å²) < 4.78 is 19.5. The van der Waals surface area contributed by atoms with E-state index in [-0.39, 0.29) is 11.9 Å². The van der Waals surface area contributed by atoms with Crippen molar-refractivity contribution in [2.45, 2.75) is 45.8 Å². The highest BCUT2D eigenvalue weighted by Crippen LogP contribution is 2.24. The first kappa shape index (κ1) is 18.7. The molecule has 0 fully saturated rings. The first-order valence-electron chi connectivity index (χ1n) is 8.74. The lowest BCUT2D eigenvalue weighted by atomic mass is 9.95. The van der Waals surface area contributed by atoms with Gasteiger partial charge in [-0.05, 0) is 61.6 Å². The summed E-state index contributed by atoms with van der Waals surface area (Å²) in [6.45, 7) is 6.75. The van der Waals surface area contributed by atoms with Crippen molar-refractivity contribution in [2.24, 2.45) is 0 Å². The van der Waals surface area contributed by atoms with E-state index in [1.807, 2.05) is 26.8 Å². The van der Waals surface area contributed by atoms with Crippen molar-refractivity contribution in [2.75, 3.05) is 6.54 Å². The van der Waals surface area contributed by atoms with Gasteiger partial charge in [-0.25, -0.2) is 9.18 Å². The predicted molar refractivity (Wildman–Crippen MR) is 101 cm³/mol. The van der Waals surface area contributed by atoms with Gasteiger partial charge >= 0.3 is 6.09 Å². The van der Waals surface area contributed by atoms with E-state index in [9.17, 15) is 9.18 Å². The number of carbonyl (C=O) groups is 1. The number of ether oxygens (including phenoxy) is 1. The minimum atomic E-state index is -0.509. The molecule has 1 amide bonds. The Morgan fingerprint density at radius 1 is 1.19 bits per heavy atom. The Kier molecular flexibility index (Phi) is 5.24. The van der Waals surface area contributed by atoms with Crippen LogP contribution in [-0.2, 0) is 24.1 Å². The fourth-order valence-corrected chi connectivity index (χ4v) is 3.25. The fraction of sp³-hybridized carbons (Fsp3) is 0.381. The van der Waals surface area contributed by atoms with Crippen LogP contribution in [0.25, 0.3) is 0 Å². The number of benzene rings is 2. The molecule has 0 N–H and O–H groups in total. The zero-order chi connectivity index (χ0) is 18.9. The highest BCUT2D eigenvalue weighted by atomic mass is 35.5. The molecule has 3 rings (SSSR count). The van der Waals surface area contributed by atoms with E-state index in [1.54, 1.807) is 17.0 Å². The molecule has 0 radical (unpaired) electrons. The zero-order valence-electron chi connectivity index (χ0n) is 15.3. The average molecular weight is 376 g/mol. The van der Waals surface area contributed by atoms with Gasteiger partial charge in [-0.1, -0.05) is 35.9 Å². The summed E-state index contributed by atoms with van der Waals surface area (Å²) in [6.07, 6.45) is 0.990. The van der Waals surface area contributed by atoms with Crippen LogP contribution in [0, 0.1) is 5.82 Å². The van der Waals surface area contributed by atoms with Crippen LogP contribution in [0.1, 0.15) is 43.0 Å². The van der Waals surface area contributed by atoms with Crippen molar-refractivity contribution in [3.8, 4) is 0 Å². The second kappa shape index (κ2) is 7.28. The molecule has 3 nitrogen and oxygen atoms in total. The van der Waals surface area contributed by atoms with Crippen molar-refractivity contribution < 1.29 is 13.9 Å². The lowest BCUT2D eigenvalue weighted by Gasteiger charge is -2.31. The maximum Gasteiger partial charge on any atom is 0.410 e. The smallest absolute Gasteiger partial charge is 0.410 e. The Balaban J connectivity index is 1.76. The van der Waals surface area contributed by atoms with Crippen LogP contribution in [0.15, 0.2) is 36.4 Å². The average Bonchev–Trinajstić information content (AvgIpc) is 2.55. The Labute approximate surface area is 158 Å². The van der Waals surface area contributed by atoms with Crippen LogP contribution in [0.3, 0.4) is 0 Å². The van der Waals surface area contributed by atoms with Gasteiger partial charge in [-0.15, -0.1) is 0 Å². The summed E-state index contributed by atoms with van der Waals surface area (Å²) >= 11 is 5.82. The van der Waals surface area contributed by atoms with Gasteiger partial charge in [-0.2, -0.15) is 0 Å². The van der Waals surface area contributed by atoms with Crippen molar-refractivity contribution >= 4 is 17.7 Å². The van der Waals surface area contributed by atoms with Gasteiger partial charge in [0.2, 0.25) is 0 Å². The standard InChI is InChI=1S/C21H23ClFNO2/c1-21(2,3)26-20(25)24-9-8-15-5-4-14(11-17(15)13-24)10-16-6-7-18(22)12-19(16)23/h4-7,11-12H,8-10,13H2,1-3H3. The molecule has 138 valence electrons. The molecular formula is C21H23ClFNO2. The maximum atomic E-state index is 14.0. The molecule has 2 aromatic carbocycles. The maximum absolute atomic E-state index is 14.0. The van der Waals surface area contributed by atoms with Gasteiger partial charge in [0.15, 0.2) is 0 Å². The van der Waals surface area contributed by atoms with Gasteiger partial charge in [0, 0.05) is 24.5 Å². The number of halogens is 2. The minimum Gasteiger partial charge on any atom is -0.444 e. The minimum absolute atomic E-state index is 0.294. The third kappa shape index (κ3) is 4.55. The molecular weight excluding hydrogens is 353 g/mol. The molecule has 5 heteroatoms. The summed E-state index contributed by atoms with van der Waals surface area (Å²) in [6, 6.07) is 10.9. The van der Waals surface area contributed by atoms with E-state index in [1.165, 1.54) is 11.6 Å². The molecule has 0 aromatic heterocycles. The molecule has 0 spiro atoms. The summed E-state index contributed by atoms with van der Waals surface area (Å²) in [5.41, 5.74) is 3.43. The Morgan fingerprint density at radius 2 is 1.96 bits per heavy atom. The third-order valence-electron chi connectivity index (χ3n) is 4.34. The number of nitrogens with zero attached hydrogens (tertiary/aromatic N) is 1. The van der Waals surface area contributed by atoms with Crippen LogP contribution in [0.4, 0.5) is 9.18 Å². The summed E-state index contributed by atoms with van der Waals surface area (Å²) in [5, 5.41) is 0.393. The van der Waals surface area contributed by atoms with Crippen LogP contribution in [-0.4, -0.2) is 23.1 Å².